The van der Waals surface area contributed by atoms with Crippen molar-refractivity contribution in [3.8, 4) is 0 Å². The quantitative estimate of drug-likeness (QED) is 0.690. The minimum Gasteiger partial charge on any atom is -0.336 e. The summed E-state index contributed by atoms with van der Waals surface area (Å²) in [6.07, 6.45) is 4.31. The van der Waals surface area contributed by atoms with Crippen LogP contribution in [-0.4, -0.2) is 23.0 Å². The summed E-state index contributed by atoms with van der Waals surface area (Å²) in [4.78, 5) is 7.86. The highest BCUT2D eigenvalue weighted by atomic mass is 35.5. The summed E-state index contributed by atoms with van der Waals surface area (Å²) in [5.41, 5.74) is 0.169. The lowest BCUT2D eigenvalue weighted by Crippen LogP contribution is -2.31. The fourth-order valence-corrected chi connectivity index (χ4v) is 3.59. The van der Waals surface area contributed by atoms with Crippen LogP contribution < -0.4 is 4.72 Å². The summed E-state index contributed by atoms with van der Waals surface area (Å²) in [6, 6.07) is 7.64. The van der Waals surface area contributed by atoms with Crippen LogP contribution in [0.3, 0.4) is 0 Å². The molecule has 0 spiro atoms. The molecule has 0 bridgehead atoms. The van der Waals surface area contributed by atoms with E-state index >= 15 is 0 Å². The molecule has 1 N–H and O–H groups in total. The van der Waals surface area contributed by atoms with Crippen molar-refractivity contribution >= 4 is 21.6 Å². The zero-order valence-electron chi connectivity index (χ0n) is 13.1. The lowest BCUT2D eigenvalue weighted by Gasteiger charge is -2.19. The highest BCUT2D eigenvalue weighted by Crippen LogP contribution is 2.25. The van der Waals surface area contributed by atoms with Gasteiger partial charge in [0.15, 0.2) is 0 Å². The first-order valence-corrected chi connectivity index (χ1v) is 9.10. The fourth-order valence-electron chi connectivity index (χ4n) is 2.36. The van der Waals surface area contributed by atoms with Crippen LogP contribution in [-0.2, 0) is 17.1 Å². The van der Waals surface area contributed by atoms with Crippen molar-refractivity contribution in [1.29, 1.82) is 0 Å². The molecule has 0 radical (unpaired) electrons. The minimum absolute atomic E-state index is 0.0764. The zero-order chi connectivity index (χ0) is 18.0. The number of nitrogens with one attached hydrogen (secondary N) is 1. The fraction of sp³-hybridized carbons (Fsp3) is 0.125. The molecule has 0 saturated carbocycles. The Morgan fingerprint density at radius 2 is 1.96 bits per heavy atom. The summed E-state index contributed by atoms with van der Waals surface area (Å²) in [5.74, 6) is -0.178. The van der Waals surface area contributed by atoms with Gasteiger partial charge in [-0.15, -0.1) is 0 Å². The van der Waals surface area contributed by atoms with Gasteiger partial charge in [-0.2, -0.15) is 4.72 Å². The van der Waals surface area contributed by atoms with Crippen LogP contribution >= 0.6 is 11.6 Å². The molecule has 9 heteroatoms. The molecule has 0 aliphatic carbocycles. The van der Waals surface area contributed by atoms with E-state index in [2.05, 4.69) is 14.7 Å². The monoisotopic (exact) mass is 380 g/mol. The van der Waals surface area contributed by atoms with E-state index in [9.17, 15) is 12.8 Å². The van der Waals surface area contributed by atoms with Gasteiger partial charge in [-0.05, 0) is 18.2 Å². The van der Waals surface area contributed by atoms with Gasteiger partial charge < -0.3 is 4.57 Å². The standard InChI is InChI=1S/C16H14ClFN4O2S/c1-22-9-8-19-16(22)15(12-4-2-3-5-13(12)18)21-25(23,24)11-6-7-14(17)20-10-11/h2-10,15,21H,1H3/t15-/m1/s1. The highest BCUT2D eigenvalue weighted by Gasteiger charge is 2.27. The predicted molar refractivity (Wildman–Crippen MR) is 91.0 cm³/mol. The van der Waals surface area contributed by atoms with Gasteiger partial charge in [-0.3, -0.25) is 0 Å². The summed E-state index contributed by atoms with van der Waals surface area (Å²) >= 11 is 5.70. The third-order valence-electron chi connectivity index (χ3n) is 3.62. The van der Waals surface area contributed by atoms with Crippen LogP contribution in [0.25, 0.3) is 0 Å². The normalized spacial score (nSPS) is 12.9. The molecule has 6 nitrogen and oxygen atoms in total. The Bertz CT molecular complexity index is 989. The van der Waals surface area contributed by atoms with Gasteiger partial charge >= 0.3 is 0 Å². The Morgan fingerprint density at radius 3 is 2.56 bits per heavy atom. The Kier molecular flexibility index (Phi) is 4.85. The lowest BCUT2D eigenvalue weighted by molar-refractivity contribution is 0.544. The van der Waals surface area contributed by atoms with Crippen LogP contribution in [0.5, 0.6) is 0 Å². The first-order chi connectivity index (χ1) is 11.9. The first kappa shape index (κ1) is 17.5. The number of benzene rings is 1. The molecular formula is C16H14ClFN4O2S. The number of aromatic nitrogens is 3. The van der Waals surface area contributed by atoms with Gasteiger partial charge in [0.2, 0.25) is 10.0 Å². The van der Waals surface area contributed by atoms with Crippen LogP contribution in [0.4, 0.5) is 4.39 Å². The van der Waals surface area contributed by atoms with Crippen molar-refractivity contribution in [2.24, 2.45) is 7.05 Å². The molecule has 0 amide bonds. The Morgan fingerprint density at radius 1 is 1.20 bits per heavy atom. The summed E-state index contributed by atoms with van der Waals surface area (Å²) in [6.45, 7) is 0. The van der Waals surface area contributed by atoms with E-state index in [0.29, 0.717) is 5.82 Å². The SMILES string of the molecule is Cn1ccnc1[C@H](NS(=O)(=O)c1ccc(Cl)nc1)c1ccccc1F. The number of aryl methyl sites for hydroxylation is 1. The van der Waals surface area contributed by atoms with Crippen LogP contribution in [0, 0.1) is 5.82 Å². The predicted octanol–water partition coefficient (Wildman–Crippen LogP) is 2.68. The summed E-state index contributed by atoms with van der Waals surface area (Å²) < 4.78 is 43.8. The third-order valence-corrected chi connectivity index (χ3v) is 5.25. The summed E-state index contributed by atoms with van der Waals surface area (Å²) in [7, 11) is -2.27. The van der Waals surface area contributed by atoms with E-state index in [4.69, 9.17) is 11.6 Å². The molecule has 2 heterocycles. The second-order valence-corrected chi connectivity index (χ2v) is 7.39. The van der Waals surface area contributed by atoms with Crippen molar-refractivity contribution in [1.82, 2.24) is 19.3 Å². The van der Waals surface area contributed by atoms with E-state index in [1.165, 1.54) is 36.5 Å². The summed E-state index contributed by atoms with van der Waals surface area (Å²) in [5, 5.41) is 0.175. The number of rotatable bonds is 5. The molecule has 3 rings (SSSR count). The van der Waals surface area contributed by atoms with Crippen LogP contribution in [0.15, 0.2) is 59.9 Å². The van der Waals surface area contributed by atoms with Crippen molar-refractivity contribution in [3.63, 3.8) is 0 Å². The van der Waals surface area contributed by atoms with Crippen molar-refractivity contribution in [3.05, 3.63) is 77.3 Å². The van der Waals surface area contributed by atoms with Crippen molar-refractivity contribution in [2.45, 2.75) is 10.9 Å². The maximum absolute atomic E-state index is 14.3. The molecule has 3 aromatic rings. The molecule has 0 fully saturated rings. The maximum Gasteiger partial charge on any atom is 0.243 e. The first-order valence-electron chi connectivity index (χ1n) is 7.24. The van der Waals surface area contributed by atoms with E-state index in [1.54, 1.807) is 23.9 Å². The number of hydrogen-bond donors (Lipinski definition) is 1. The van der Waals surface area contributed by atoms with Gasteiger partial charge in [0.05, 0.1) is 0 Å². The third kappa shape index (κ3) is 3.71. The van der Waals surface area contributed by atoms with E-state index in [-0.39, 0.29) is 15.6 Å². The number of nitrogens with zero attached hydrogens (tertiary/aromatic N) is 3. The number of imidazole rings is 1. The topological polar surface area (TPSA) is 76.9 Å². The molecule has 25 heavy (non-hydrogen) atoms. The van der Waals surface area contributed by atoms with E-state index < -0.39 is 21.9 Å². The average molecular weight is 381 g/mol. The second kappa shape index (κ2) is 6.91. The molecule has 0 aliphatic rings. The maximum atomic E-state index is 14.3. The molecule has 130 valence electrons. The molecular weight excluding hydrogens is 367 g/mol. The number of halogens is 2. The van der Waals surface area contributed by atoms with Gasteiger partial charge in [-0.25, -0.2) is 22.8 Å². The molecule has 0 aliphatic heterocycles. The number of hydrogen-bond acceptors (Lipinski definition) is 4. The minimum atomic E-state index is -3.98. The van der Waals surface area contributed by atoms with Crippen molar-refractivity contribution in [2.75, 3.05) is 0 Å². The molecule has 1 aromatic carbocycles. The number of sulfonamides is 1. The average Bonchev–Trinajstić information content (AvgIpc) is 3.00. The smallest absolute Gasteiger partial charge is 0.243 e. The van der Waals surface area contributed by atoms with E-state index in [1.807, 2.05) is 0 Å². The molecule has 0 unspecified atom stereocenters. The largest absolute Gasteiger partial charge is 0.336 e. The van der Waals surface area contributed by atoms with Crippen LogP contribution in [0.1, 0.15) is 17.4 Å². The second-order valence-electron chi connectivity index (χ2n) is 5.29. The van der Waals surface area contributed by atoms with E-state index in [0.717, 1.165) is 6.20 Å². The molecule has 2 aromatic heterocycles. The number of pyridine rings is 1. The van der Waals surface area contributed by atoms with Gasteiger partial charge in [0, 0.05) is 31.2 Å². The zero-order valence-corrected chi connectivity index (χ0v) is 14.7. The molecule has 1 atom stereocenters. The van der Waals surface area contributed by atoms with Gasteiger partial charge in [-0.1, -0.05) is 29.8 Å². The van der Waals surface area contributed by atoms with Gasteiger partial charge in [0.1, 0.15) is 27.7 Å². The lowest BCUT2D eigenvalue weighted by atomic mass is 10.1. The van der Waals surface area contributed by atoms with Crippen LogP contribution in [0.2, 0.25) is 5.15 Å². The highest BCUT2D eigenvalue weighted by molar-refractivity contribution is 7.89. The van der Waals surface area contributed by atoms with Crippen molar-refractivity contribution < 1.29 is 12.8 Å². The Hall–Kier alpha value is -2.29. The van der Waals surface area contributed by atoms with Gasteiger partial charge in [0.25, 0.3) is 0 Å². The molecule has 0 saturated heterocycles. The Balaban J connectivity index is 2.06. The Labute approximate surface area is 149 Å².